The first-order valence-corrected chi connectivity index (χ1v) is 6.35. The fourth-order valence-electron chi connectivity index (χ4n) is 0.312. The van der Waals surface area contributed by atoms with Crippen LogP contribution in [0.15, 0.2) is 0 Å². The zero-order valence-corrected chi connectivity index (χ0v) is 9.00. The summed E-state index contributed by atoms with van der Waals surface area (Å²) in [7, 11) is 5.01. The molecule has 0 aliphatic rings. The maximum Gasteiger partial charge on any atom is 0.173 e. The maximum atomic E-state index is 10.8. The van der Waals surface area contributed by atoms with Gasteiger partial charge >= 0.3 is 0 Å². The minimum atomic E-state index is -0.103. The molecule has 0 aromatic rings. The molecule has 4 atom stereocenters. The van der Waals surface area contributed by atoms with Crippen molar-refractivity contribution < 1.29 is 4.79 Å². The third kappa shape index (κ3) is 3.86. The van der Waals surface area contributed by atoms with Gasteiger partial charge in [-0.25, -0.2) is 0 Å². The monoisotopic (exact) mass is 201 g/mol. The van der Waals surface area contributed by atoms with E-state index < -0.39 is 0 Å². The summed E-state index contributed by atoms with van der Waals surface area (Å²) in [4.78, 5) is 10.8. The van der Waals surface area contributed by atoms with E-state index in [1.807, 2.05) is 0 Å². The van der Waals surface area contributed by atoms with Gasteiger partial charge in [-0.05, 0) is 8.27 Å². The van der Waals surface area contributed by atoms with E-state index in [4.69, 9.17) is 0 Å². The molecule has 0 bridgehead atoms. The standard InChI is InChI=1S/C3H10NOP3S/c5-3(8-7)2(1-9)4-6/h2,4,8-9H,1,6-7H2. The van der Waals surface area contributed by atoms with Crippen LogP contribution in [-0.2, 0) is 4.79 Å². The van der Waals surface area contributed by atoms with Crippen molar-refractivity contribution in [3.63, 3.8) is 0 Å². The topological polar surface area (TPSA) is 29.1 Å². The molecular weight excluding hydrogens is 191 g/mol. The summed E-state index contributed by atoms with van der Waals surface area (Å²) in [5.41, 5.74) is 0.199. The lowest BCUT2D eigenvalue weighted by molar-refractivity contribution is -0.112. The van der Waals surface area contributed by atoms with Gasteiger partial charge in [0.25, 0.3) is 0 Å². The van der Waals surface area contributed by atoms with Gasteiger partial charge in [0.05, 0.1) is 6.04 Å². The van der Waals surface area contributed by atoms with Gasteiger partial charge in [0.1, 0.15) is 0 Å². The van der Waals surface area contributed by atoms with Crippen molar-refractivity contribution in [2.75, 3.05) is 5.75 Å². The lowest BCUT2D eigenvalue weighted by atomic mass is 10.4. The van der Waals surface area contributed by atoms with E-state index in [0.717, 1.165) is 0 Å². The van der Waals surface area contributed by atoms with Crippen molar-refractivity contribution in [1.29, 1.82) is 0 Å². The molecular formula is C3H10NOP3S. The first-order chi connectivity index (χ1) is 4.26. The molecule has 9 heavy (non-hydrogen) atoms. The summed E-state index contributed by atoms with van der Waals surface area (Å²) in [5.74, 6) is 0.559. The Hall–Kier alpha value is 1.27. The van der Waals surface area contributed by atoms with E-state index in [1.165, 1.54) is 0 Å². The lowest BCUT2D eigenvalue weighted by Gasteiger charge is -2.08. The molecule has 0 amide bonds. The molecule has 2 nitrogen and oxygen atoms in total. The molecule has 0 radical (unpaired) electrons. The normalized spacial score (nSPS) is 14.6. The molecule has 6 heteroatoms. The van der Waals surface area contributed by atoms with Crippen LogP contribution in [-0.4, -0.2) is 17.3 Å². The van der Waals surface area contributed by atoms with Crippen LogP contribution in [0.25, 0.3) is 0 Å². The minimum Gasteiger partial charge on any atom is -0.293 e. The van der Waals surface area contributed by atoms with Crippen molar-refractivity contribution in [1.82, 2.24) is 5.09 Å². The van der Waals surface area contributed by atoms with Gasteiger partial charge in [0.2, 0.25) is 0 Å². The maximum absolute atomic E-state index is 10.8. The van der Waals surface area contributed by atoms with Crippen molar-refractivity contribution in [3.8, 4) is 0 Å². The Kier molecular flexibility index (Phi) is 6.86. The molecule has 0 saturated heterocycles. The average Bonchev–Trinajstić information content (AvgIpc) is 1.90. The largest absolute Gasteiger partial charge is 0.293 e. The van der Waals surface area contributed by atoms with E-state index in [1.54, 1.807) is 0 Å². The van der Waals surface area contributed by atoms with Crippen LogP contribution in [0.3, 0.4) is 0 Å². The number of rotatable bonds is 4. The van der Waals surface area contributed by atoms with E-state index in [-0.39, 0.29) is 19.8 Å². The molecule has 54 valence electrons. The Morgan fingerprint density at radius 3 is 2.56 bits per heavy atom. The third-order valence-corrected chi connectivity index (χ3v) is 3.10. The lowest BCUT2D eigenvalue weighted by Crippen LogP contribution is -2.28. The third-order valence-electron chi connectivity index (χ3n) is 0.843. The number of nitrogens with one attached hydrogen (secondary N) is 1. The summed E-state index contributed by atoms with van der Waals surface area (Å²) >= 11 is 3.99. The van der Waals surface area contributed by atoms with Crippen LogP contribution in [0.5, 0.6) is 0 Å². The SMILES string of the molecule is O=C(PP)C(CS)NP. The van der Waals surface area contributed by atoms with Crippen LogP contribution < -0.4 is 5.09 Å². The van der Waals surface area contributed by atoms with Crippen molar-refractivity contribution in [2.45, 2.75) is 6.04 Å². The summed E-state index contributed by atoms with van der Waals surface area (Å²) in [6, 6.07) is -0.103. The highest BCUT2D eigenvalue weighted by molar-refractivity contribution is 8.11. The highest BCUT2D eigenvalue weighted by Gasteiger charge is 2.10. The summed E-state index contributed by atoms with van der Waals surface area (Å²) in [6.45, 7) is 0. The summed E-state index contributed by atoms with van der Waals surface area (Å²) in [5, 5.41) is 2.79. The van der Waals surface area contributed by atoms with Gasteiger partial charge in [-0.1, -0.05) is 9.39 Å². The number of carbonyl (C=O) groups is 1. The second-order valence-corrected chi connectivity index (χ2v) is 3.76. The second kappa shape index (κ2) is 6.01. The van der Waals surface area contributed by atoms with Gasteiger partial charge in [-0.3, -0.25) is 9.88 Å². The quantitative estimate of drug-likeness (QED) is 0.516. The van der Waals surface area contributed by atoms with Crippen LogP contribution in [0.2, 0.25) is 0 Å². The van der Waals surface area contributed by atoms with Gasteiger partial charge in [0, 0.05) is 5.75 Å². The first-order valence-electron chi connectivity index (χ1n) is 2.33. The Bertz CT molecular complexity index is 97.1. The van der Waals surface area contributed by atoms with Gasteiger partial charge in [-0.2, -0.15) is 12.6 Å². The molecule has 0 saturated carbocycles. The van der Waals surface area contributed by atoms with Crippen LogP contribution in [0, 0.1) is 0 Å². The zero-order chi connectivity index (χ0) is 7.28. The predicted octanol–water partition coefficient (Wildman–Crippen LogP) is 0.660. The van der Waals surface area contributed by atoms with Crippen molar-refractivity contribution in [3.05, 3.63) is 0 Å². The van der Waals surface area contributed by atoms with Crippen LogP contribution in [0.1, 0.15) is 0 Å². The molecule has 0 aliphatic carbocycles. The van der Waals surface area contributed by atoms with Gasteiger partial charge in [0.15, 0.2) is 5.52 Å². The molecule has 0 aromatic carbocycles. The van der Waals surface area contributed by atoms with Crippen molar-refractivity contribution >= 4 is 44.7 Å². The minimum absolute atomic E-state index is 0.103. The highest BCUT2D eigenvalue weighted by atomic mass is 32.1. The molecule has 0 spiro atoms. The molecule has 0 heterocycles. The number of hydrogen-bond donors (Lipinski definition) is 2. The first kappa shape index (κ1) is 10.3. The number of thiol groups is 1. The van der Waals surface area contributed by atoms with E-state index >= 15 is 0 Å². The zero-order valence-electron chi connectivity index (χ0n) is 4.79. The predicted molar refractivity (Wildman–Crippen MR) is 53.5 cm³/mol. The molecule has 0 aliphatic heterocycles. The number of carbonyl (C=O) groups excluding carboxylic acids is 1. The molecule has 4 unspecified atom stereocenters. The smallest absolute Gasteiger partial charge is 0.173 e. The van der Waals surface area contributed by atoms with Crippen LogP contribution >= 0.6 is 39.2 Å². The fourth-order valence-corrected chi connectivity index (χ4v) is 2.38. The van der Waals surface area contributed by atoms with E-state index in [2.05, 4.69) is 36.0 Å². The van der Waals surface area contributed by atoms with Crippen LogP contribution in [0.4, 0.5) is 0 Å². The Balaban J connectivity index is 3.64. The summed E-state index contributed by atoms with van der Waals surface area (Å²) in [6.07, 6.45) is 0. The highest BCUT2D eigenvalue weighted by Crippen LogP contribution is 2.23. The average molecular weight is 201 g/mol. The number of hydrogen-bond acceptors (Lipinski definition) is 3. The Labute approximate surface area is 66.9 Å². The van der Waals surface area contributed by atoms with Gasteiger partial charge in [-0.15, -0.1) is 8.93 Å². The Morgan fingerprint density at radius 1 is 1.89 bits per heavy atom. The summed E-state index contributed by atoms with van der Waals surface area (Å²) < 4.78 is 0. The molecule has 0 fully saturated rings. The molecule has 1 N–H and O–H groups in total. The molecule has 0 aromatic heterocycles. The van der Waals surface area contributed by atoms with E-state index in [9.17, 15) is 4.79 Å². The fraction of sp³-hybridized carbons (Fsp3) is 0.667. The Morgan fingerprint density at radius 2 is 2.44 bits per heavy atom. The van der Waals surface area contributed by atoms with Crippen molar-refractivity contribution in [2.24, 2.45) is 0 Å². The molecule has 0 rings (SSSR count). The second-order valence-electron chi connectivity index (χ2n) is 1.41. The van der Waals surface area contributed by atoms with Gasteiger partial charge < -0.3 is 0 Å². The van der Waals surface area contributed by atoms with E-state index in [0.29, 0.717) is 5.75 Å².